The number of nitrogen functional groups attached to an aromatic ring is 1. The number of benzene rings is 2. The average molecular weight is 295 g/mol. The molecule has 0 unspecified atom stereocenters. The van der Waals surface area contributed by atoms with Crippen LogP contribution in [0, 0.1) is 0 Å². The highest BCUT2D eigenvalue weighted by Crippen LogP contribution is 2.17. The first-order valence-electron chi connectivity index (χ1n) is 6.58. The number of nitrogens with two attached hydrogens (primary N) is 1. The number of anilines is 1. The molecule has 1 aromatic heterocycles. The summed E-state index contributed by atoms with van der Waals surface area (Å²) in [5.74, 6) is -0.147. The Labute approximate surface area is 125 Å². The van der Waals surface area contributed by atoms with Crippen LogP contribution in [0.1, 0.15) is 10.4 Å². The third kappa shape index (κ3) is 2.20. The number of rotatable bonds is 2. The summed E-state index contributed by atoms with van der Waals surface area (Å²) in [6, 6.07) is 13.3. The number of methoxy groups -OCH3 is 1. The van der Waals surface area contributed by atoms with Gasteiger partial charge in [0.2, 0.25) is 5.95 Å². The van der Waals surface area contributed by atoms with Crippen molar-refractivity contribution < 1.29 is 9.53 Å². The Hall–Kier alpha value is -3.15. The second-order valence-corrected chi connectivity index (χ2v) is 4.66. The fourth-order valence-corrected chi connectivity index (χ4v) is 2.21. The number of carbonyl (C=O) groups excluding carboxylic acids is 1. The summed E-state index contributed by atoms with van der Waals surface area (Å²) in [6.45, 7) is 0. The summed E-state index contributed by atoms with van der Waals surface area (Å²) in [7, 11) is 1.50. The van der Waals surface area contributed by atoms with Crippen molar-refractivity contribution in [2.75, 3.05) is 12.8 Å². The Morgan fingerprint density at radius 1 is 1.18 bits per heavy atom. The van der Waals surface area contributed by atoms with Crippen LogP contribution in [-0.4, -0.2) is 22.6 Å². The molecule has 3 rings (SSSR count). The van der Waals surface area contributed by atoms with Crippen molar-refractivity contribution in [3.05, 3.63) is 64.4 Å². The highest BCUT2D eigenvalue weighted by atomic mass is 16.5. The van der Waals surface area contributed by atoms with Gasteiger partial charge >= 0.3 is 0 Å². The normalized spacial score (nSPS) is 10.6. The van der Waals surface area contributed by atoms with Gasteiger partial charge < -0.3 is 10.5 Å². The smallest absolute Gasteiger partial charge is 0.270 e. The van der Waals surface area contributed by atoms with E-state index < -0.39 is 11.5 Å². The molecule has 0 atom stereocenters. The predicted molar refractivity (Wildman–Crippen MR) is 83.1 cm³/mol. The lowest BCUT2D eigenvalue weighted by Crippen LogP contribution is -2.30. The molecule has 0 spiro atoms. The minimum atomic E-state index is -0.518. The standard InChI is InChI=1S/C16H13N3O3/c1-22-11-7-8-13-12(9-11)15(21)19(16(17)18-13)14(20)10-5-3-2-4-6-10/h2-9H,1H3,(H2,17,18). The van der Waals surface area contributed by atoms with Gasteiger partial charge in [-0.05, 0) is 30.3 Å². The van der Waals surface area contributed by atoms with E-state index in [-0.39, 0.29) is 11.3 Å². The third-order valence-corrected chi connectivity index (χ3v) is 3.33. The quantitative estimate of drug-likeness (QED) is 0.777. The lowest BCUT2D eigenvalue weighted by Gasteiger charge is -2.09. The molecule has 0 amide bonds. The van der Waals surface area contributed by atoms with Crippen LogP contribution < -0.4 is 16.0 Å². The minimum Gasteiger partial charge on any atom is -0.497 e. The molecule has 2 aromatic carbocycles. The lowest BCUT2D eigenvalue weighted by molar-refractivity contribution is 0.0958. The van der Waals surface area contributed by atoms with E-state index in [1.54, 1.807) is 48.5 Å². The van der Waals surface area contributed by atoms with E-state index >= 15 is 0 Å². The van der Waals surface area contributed by atoms with Gasteiger partial charge in [0, 0.05) is 5.56 Å². The van der Waals surface area contributed by atoms with Gasteiger partial charge in [0.25, 0.3) is 11.5 Å². The van der Waals surface area contributed by atoms with Crippen LogP contribution in [0.25, 0.3) is 10.9 Å². The summed E-state index contributed by atoms with van der Waals surface area (Å²) >= 11 is 0. The van der Waals surface area contributed by atoms with Gasteiger partial charge in [-0.1, -0.05) is 18.2 Å². The molecule has 2 N–H and O–H groups in total. The van der Waals surface area contributed by atoms with Crippen molar-refractivity contribution in [1.82, 2.24) is 9.55 Å². The number of ether oxygens (including phenoxy) is 1. The number of aromatic nitrogens is 2. The molecule has 0 saturated heterocycles. The minimum absolute atomic E-state index is 0.142. The van der Waals surface area contributed by atoms with E-state index in [4.69, 9.17) is 10.5 Å². The first-order chi connectivity index (χ1) is 10.6. The largest absolute Gasteiger partial charge is 0.497 e. The molecule has 0 aliphatic rings. The van der Waals surface area contributed by atoms with Gasteiger partial charge in [0.05, 0.1) is 18.0 Å². The van der Waals surface area contributed by atoms with Gasteiger partial charge in [0.1, 0.15) is 5.75 Å². The van der Waals surface area contributed by atoms with Gasteiger partial charge in [-0.3, -0.25) is 9.59 Å². The Kier molecular flexibility index (Phi) is 3.34. The first-order valence-corrected chi connectivity index (χ1v) is 6.58. The maximum absolute atomic E-state index is 12.6. The number of carbonyl (C=O) groups is 1. The molecule has 0 fully saturated rings. The summed E-state index contributed by atoms with van der Waals surface area (Å²) in [6.07, 6.45) is 0. The van der Waals surface area contributed by atoms with Crippen LogP contribution in [0.3, 0.4) is 0 Å². The van der Waals surface area contributed by atoms with E-state index in [9.17, 15) is 9.59 Å². The Morgan fingerprint density at radius 3 is 2.59 bits per heavy atom. The van der Waals surface area contributed by atoms with E-state index in [1.165, 1.54) is 7.11 Å². The molecule has 22 heavy (non-hydrogen) atoms. The van der Waals surface area contributed by atoms with E-state index in [0.29, 0.717) is 16.8 Å². The van der Waals surface area contributed by atoms with Crippen LogP contribution in [0.15, 0.2) is 53.3 Å². The fraction of sp³-hybridized carbons (Fsp3) is 0.0625. The highest BCUT2D eigenvalue weighted by Gasteiger charge is 2.17. The number of hydrogen-bond donors (Lipinski definition) is 1. The molecule has 0 radical (unpaired) electrons. The van der Waals surface area contributed by atoms with Crippen LogP contribution >= 0.6 is 0 Å². The van der Waals surface area contributed by atoms with Gasteiger partial charge in [-0.2, -0.15) is 0 Å². The second kappa shape index (κ2) is 5.33. The number of hydrogen-bond acceptors (Lipinski definition) is 5. The molecule has 0 aliphatic carbocycles. The second-order valence-electron chi connectivity index (χ2n) is 4.66. The van der Waals surface area contributed by atoms with Gasteiger partial charge in [-0.25, -0.2) is 9.55 Å². The zero-order valence-electron chi connectivity index (χ0n) is 11.8. The van der Waals surface area contributed by atoms with Crippen molar-refractivity contribution >= 4 is 22.8 Å². The zero-order chi connectivity index (χ0) is 15.7. The van der Waals surface area contributed by atoms with E-state index in [2.05, 4.69) is 4.98 Å². The molecule has 0 saturated carbocycles. The van der Waals surface area contributed by atoms with Crippen LogP contribution in [0.4, 0.5) is 5.95 Å². The maximum Gasteiger partial charge on any atom is 0.270 e. The first kappa shape index (κ1) is 13.8. The summed E-state index contributed by atoms with van der Waals surface area (Å²) in [4.78, 5) is 29.2. The zero-order valence-corrected chi connectivity index (χ0v) is 11.8. The molecular weight excluding hydrogens is 282 g/mol. The SMILES string of the molecule is COc1ccc2nc(N)n(C(=O)c3ccccc3)c(=O)c2c1. The fourth-order valence-electron chi connectivity index (χ4n) is 2.21. The molecule has 110 valence electrons. The predicted octanol–water partition coefficient (Wildman–Crippen LogP) is 1.68. The lowest BCUT2D eigenvalue weighted by atomic mass is 10.2. The average Bonchev–Trinajstić information content (AvgIpc) is 2.55. The molecule has 3 aromatic rings. The van der Waals surface area contributed by atoms with Crippen LogP contribution in [-0.2, 0) is 0 Å². The number of fused-ring (bicyclic) bond motifs is 1. The Morgan fingerprint density at radius 2 is 1.91 bits per heavy atom. The summed E-state index contributed by atoms with van der Waals surface area (Å²) in [5.41, 5.74) is 6.06. The molecule has 0 bridgehead atoms. The highest BCUT2D eigenvalue weighted by molar-refractivity contribution is 5.98. The Bertz CT molecular complexity index is 917. The maximum atomic E-state index is 12.6. The third-order valence-electron chi connectivity index (χ3n) is 3.33. The monoisotopic (exact) mass is 295 g/mol. The van der Waals surface area contributed by atoms with Crippen LogP contribution in [0.2, 0.25) is 0 Å². The molecule has 0 aliphatic heterocycles. The van der Waals surface area contributed by atoms with Crippen molar-refractivity contribution in [2.45, 2.75) is 0 Å². The van der Waals surface area contributed by atoms with Gasteiger partial charge in [0.15, 0.2) is 0 Å². The molecular formula is C16H13N3O3. The van der Waals surface area contributed by atoms with Crippen molar-refractivity contribution in [2.24, 2.45) is 0 Å². The molecule has 1 heterocycles. The summed E-state index contributed by atoms with van der Waals surface area (Å²) < 4.78 is 5.97. The molecule has 6 heteroatoms. The summed E-state index contributed by atoms with van der Waals surface area (Å²) in [5, 5.41) is 0.276. The Balaban J connectivity index is 2.26. The van der Waals surface area contributed by atoms with E-state index in [0.717, 1.165) is 4.57 Å². The van der Waals surface area contributed by atoms with Crippen molar-refractivity contribution in [3.8, 4) is 5.75 Å². The molecule has 6 nitrogen and oxygen atoms in total. The van der Waals surface area contributed by atoms with Crippen molar-refractivity contribution in [3.63, 3.8) is 0 Å². The van der Waals surface area contributed by atoms with Crippen LogP contribution in [0.5, 0.6) is 5.75 Å². The van der Waals surface area contributed by atoms with E-state index in [1.807, 2.05) is 0 Å². The van der Waals surface area contributed by atoms with Crippen molar-refractivity contribution in [1.29, 1.82) is 0 Å². The topological polar surface area (TPSA) is 87.2 Å². The van der Waals surface area contributed by atoms with Gasteiger partial charge in [-0.15, -0.1) is 0 Å². The number of nitrogens with zero attached hydrogens (tertiary/aromatic N) is 2.